The summed E-state index contributed by atoms with van der Waals surface area (Å²) in [5, 5.41) is 4.49. The van der Waals surface area contributed by atoms with E-state index in [0.717, 1.165) is 100 Å². The normalized spacial score (nSPS) is 11.4. The standard InChI is InChI=1S/C54H36N2O2/c1-3-14-41(15-4-1)55(45-30-32-49-47-18-7-9-20-51(47)57-53(49)35-45)43-26-22-37(23-27-43)39-12-11-13-40(34-39)38-24-28-44(29-25-38)56(42-16-5-2-6-17-42)46-31-33-50-48-19-8-10-21-52(48)58-54(50)36-46/h1-36H. The fourth-order valence-electron chi connectivity index (χ4n) is 8.24. The van der Waals surface area contributed by atoms with Crippen molar-refractivity contribution < 1.29 is 8.83 Å². The Morgan fingerprint density at radius 2 is 0.586 bits per heavy atom. The third-order valence-electron chi connectivity index (χ3n) is 11.1. The van der Waals surface area contributed by atoms with Crippen molar-refractivity contribution in [3.05, 3.63) is 218 Å². The third kappa shape index (κ3) is 5.96. The molecule has 0 bridgehead atoms. The largest absolute Gasteiger partial charge is 0.456 e. The molecule has 0 unspecified atom stereocenters. The van der Waals surface area contributed by atoms with Gasteiger partial charge in [-0.15, -0.1) is 0 Å². The molecular weight excluding hydrogens is 709 g/mol. The number of para-hydroxylation sites is 4. The van der Waals surface area contributed by atoms with Gasteiger partial charge in [0.1, 0.15) is 22.3 Å². The second-order valence-electron chi connectivity index (χ2n) is 14.6. The van der Waals surface area contributed by atoms with Gasteiger partial charge in [0.2, 0.25) is 0 Å². The van der Waals surface area contributed by atoms with Crippen LogP contribution in [0.3, 0.4) is 0 Å². The van der Waals surface area contributed by atoms with Crippen molar-refractivity contribution in [2.24, 2.45) is 0 Å². The maximum Gasteiger partial charge on any atom is 0.137 e. The molecule has 4 heteroatoms. The van der Waals surface area contributed by atoms with Crippen LogP contribution in [0.4, 0.5) is 34.1 Å². The Hall–Kier alpha value is -7.82. The van der Waals surface area contributed by atoms with Gasteiger partial charge in [0, 0.05) is 67.8 Å². The van der Waals surface area contributed by atoms with Crippen molar-refractivity contribution in [1.82, 2.24) is 0 Å². The molecular formula is C54H36N2O2. The summed E-state index contributed by atoms with van der Waals surface area (Å²) in [7, 11) is 0. The summed E-state index contributed by atoms with van der Waals surface area (Å²) in [4.78, 5) is 4.56. The van der Waals surface area contributed by atoms with Gasteiger partial charge in [-0.25, -0.2) is 0 Å². The van der Waals surface area contributed by atoms with Crippen LogP contribution in [0.15, 0.2) is 227 Å². The van der Waals surface area contributed by atoms with Gasteiger partial charge >= 0.3 is 0 Å². The average Bonchev–Trinajstić information content (AvgIpc) is 3.86. The van der Waals surface area contributed by atoms with Gasteiger partial charge in [-0.05, 0) is 113 Å². The molecule has 11 aromatic rings. The lowest BCUT2D eigenvalue weighted by Gasteiger charge is -2.25. The van der Waals surface area contributed by atoms with Gasteiger partial charge in [-0.1, -0.05) is 115 Å². The fourth-order valence-corrected chi connectivity index (χ4v) is 8.24. The van der Waals surface area contributed by atoms with Crippen LogP contribution in [0, 0.1) is 0 Å². The van der Waals surface area contributed by atoms with Crippen LogP contribution < -0.4 is 9.80 Å². The van der Waals surface area contributed by atoms with E-state index in [2.05, 4.69) is 204 Å². The lowest BCUT2D eigenvalue weighted by atomic mass is 9.98. The molecule has 0 saturated carbocycles. The molecule has 4 nitrogen and oxygen atoms in total. The lowest BCUT2D eigenvalue weighted by Crippen LogP contribution is -2.09. The van der Waals surface area contributed by atoms with E-state index in [-0.39, 0.29) is 0 Å². The van der Waals surface area contributed by atoms with E-state index in [1.54, 1.807) is 0 Å². The van der Waals surface area contributed by atoms with Gasteiger partial charge < -0.3 is 18.6 Å². The summed E-state index contributed by atoms with van der Waals surface area (Å²) in [6, 6.07) is 76.8. The van der Waals surface area contributed by atoms with Crippen molar-refractivity contribution in [2.75, 3.05) is 9.80 Å². The summed E-state index contributed by atoms with van der Waals surface area (Å²) in [6.45, 7) is 0. The zero-order chi connectivity index (χ0) is 38.4. The minimum atomic E-state index is 0.873. The number of fused-ring (bicyclic) bond motifs is 6. The van der Waals surface area contributed by atoms with E-state index < -0.39 is 0 Å². The molecule has 0 radical (unpaired) electrons. The molecule has 0 aliphatic carbocycles. The number of hydrogen-bond acceptors (Lipinski definition) is 4. The SMILES string of the molecule is c1ccc(N(c2ccc(-c3cccc(-c4ccc(N(c5ccccc5)c5ccc6c(c5)oc5ccccc56)cc4)c3)cc2)c2ccc3c(c2)oc2ccccc23)cc1. The average molecular weight is 745 g/mol. The number of rotatable bonds is 8. The monoisotopic (exact) mass is 744 g/mol. The number of anilines is 6. The number of furan rings is 2. The Bertz CT molecular complexity index is 3000. The summed E-state index contributed by atoms with van der Waals surface area (Å²) in [6.07, 6.45) is 0. The van der Waals surface area contributed by atoms with Crippen molar-refractivity contribution in [3.63, 3.8) is 0 Å². The predicted octanol–water partition coefficient (Wildman–Crippen LogP) is 15.8. The molecule has 11 rings (SSSR count). The van der Waals surface area contributed by atoms with E-state index in [1.807, 2.05) is 24.3 Å². The van der Waals surface area contributed by atoms with E-state index in [4.69, 9.17) is 8.83 Å². The van der Waals surface area contributed by atoms with Gasteiger partial charge in [0.25, 0.3) is 0 Å². The zero-order valence-corrected chi connectivity index (χ0v) is 31.5. The van der Waals surface area contributed by atoms with Crippen LogP contribution in [0.5, 0.6) is 0 Å². The van der Waals surface area contributed by atoms with E-state index >= 15 is 0 Å². The second-order valence-corrected chi connectivity index (χ2v) is 14.6. The van der Waals surface area contributed by atoms with Crippen LogP contribution >= 0.6 is 0 Å². The Morgan fingerprint density at radius 1 is 0.224 bits per heavy atom. The molecule has 9 aromatic carbocycles. The Labute approximate surface area is 336 Å². The van der Waals surface area contributed by atoms with Gasteiger partial charge in [-0.2, -0.15) is 0 Å². The first kappa shape index (κ1) is 33.5. The smallest absolute Gasteiger partial charge is 0.137 e. The lowest BCUT2D eigenvalue weighted by molar-refractivity contribution is 0.668. The molecule has 274 valence electrons. The number of hydrogen-bond donors (Lipinski definition) is 0. The summed E-state index contributed by atoms with van der Waals surface area (Å²) < 4.78 is 12.6. The third-order valence-corrected chi connectivity index (χ3v) is 11.1. The molecule has 0 amide bonds. The molecule has 0 N–H and O–H groups in total. The van der Waals surface area contributed by atoms with E-state index in [9.17, 15) is 0 Å². The maximum atomic E-state index is 6.29. The van der Waals surface area contributed by atoms with Crippen LogP contribution in [-0.4, -0.2) is 0 Å². The van der Waals surface area contributed by atoms with Crippen LogP contribution in [0.2, 0.25) is 0 Å². The molecule has 0 aliphatic heterocycles. The van der Waals surface area contributed by atoms with Gasteiger partial charge in [0.15, 0.2) is 0 Å². The van der Waals surface area contributed by atoms with E-state index in [0.29, 0.717) is 0 Å². The quantitative estimate of drug-likeness (QED) is 0.155. The van der Waals surface area contributed by atoms with Crippen molar-refractivity contribution in [2.45, 2.75) is 0 Å². The van der Waals surface area contributed by atoms with Crippen LogP contribution in [0.25, 0.3) is 66.1 Å². The predicted molar refractivity (Wildman–Crippen MR) is 241 cm³/mol. The first-order valence-corrected chi connectivity index (χ1v) is 19.6. The first-order valence-electron chi connectivity index (χ1n) is 19.6. The van der Waals surface area contributed by atoms with E-state index in [1.165, 1.54) is 0 Å². The molecule has 0 saturated heterocycles. The minimum absolute atomic E-state index is 0.873. The number of nitrogens with zero attached hydrogens (tertiary/aromatic N) is 2. The molecule has 58 heavy (non-hydrogen) atoms. The number of benzene rings is 9. The highest BCUT2D eigenvalue weighted by molar-refractivity contribution is 6.07. The summed E-state index contributed by atoms with van der Waals surface area (Å²) in [5.41, 5.74) is 14.5. The van der Waals surface area contributed by atoms with Crippen molar-refractivity contribution in [3.8, 4) is 22.3 Å². The van der Waals surface area contributed by atoms with Crippen LogP contribution in [0.1, 0.15) is 0 Å². The molecule has 0 fully saturated rings. The highest BCUT2D eigenvalue weighted by atomic mass is 16.3. The van der Waals surface area contributed by atoms with Crippen molar-refractivity contribution >= 4 is 78.0 Å². The zero-order valence-electron chi connectivity index (χ0n) is 31.5. The Kier molecular flexibility index (Phi) is 8.11. The fraction of sp³-hybridized carbons (Fsp3) is 0. The maximum absolute atomic E-state index is 6.29. The van der Waals surface area contributed by atoms with Crippen molar-refractivity contribution in [1.29, 1.82) is 0 Å². The van der Waals surface area contributed by atoms with Crippen LogP contribution in [-0.2, 0) is 0 Å². The molecule has 0 atom stereocenters. The summed E-state index contributed by atoms with van der Waals surface area (Å²) in [5.74, 6) is 0. The second kappa shape index (κ2) is 14.0. The van der Waals surface area contributed by atoms with Gasteiger partial charge in [-0.3, -0.25) is 0 Å². The minimum Gasteiger partial charge on any atom is -0.456 e. The highest BCUT2D eigenvalue weighted by Crippen LogP contribution is 2.41. The molecule has 0 spiro atoms. The Morgan fingerprint density at radius 3 is 1.03 bits per heavy atom. The van der Waals surface area contributed by atoms with Gasteiger partial charge in [0.05, 0.1) is 0 Å². The first-order chi connectivity index (χ1) is 28.7. The highest BCUT2D eigenvalue weighted by Gasteiger charge is 2.17. The summed E-state index contributed by atoms with van der Waals surface area (Å²) >= 11 is 0. The topological polar surface area (TPSA) is 32.8 Å². The molecule has 2 aromatic heterocycles. The molecule has 2 heterocycles. The molecule has 0 aliphatic rings. The Balaban J connectivity index is 0.901.